The van der Waals surface area contributed by atoms with E-state index in [0.29, 0.717) is 25.5 Å². The molecule has 4 rings (SSSR count). The van der Waals surface area contributed by atoms with Crippen LogP contribution in [0.25, 0.3) is 0 Å². The van der Waals surface area contributed by atoms with Crippen LogP contribution in [0.1, 0.15) is 59.0 Å². The number of rotatable bonds is 5. The van der Waals surface area contributed by atoms with Crippen LogP contribution in [0.15, 0.2) is 22.9 Å². The number of furan rings is 1. The predicted molar refractivity (Wildman–Crippen MR) is 97.0 cm³/mol. The maximum atomic E-state index is 12.9. The van der Waals surface area contributed by atoms with Crippen molar-refractivity contribution >= 4 is 5.91 Å². The van der Waals surface area contributed by atoms with Crippen LogP contribution in [0.4, 0.5) is 0 Å². The molecule has 0 bridgehead atoms. The van der Waals surface area contributed by atoms with Crippen LogP contribution in [0.5, 0.6) is 0 Å². The van der Waals surface area contributed by atoms with Crippen molar-refractivity contribution in [3.63, 3.8) is 0 Å². The highest BCUT2D eigenvalue weighted by atomic mass is 16.5. The number of aryl methyl sites for hydroxylation is 1. The van der Waals surface area contributed by atoms with Crippen molar-refractivity contribution in [2.75, 3.05) is 20.3 Å². The van der Waals surface area contributed by atoms with Crippen LogP contribution in [0.3, 0.4) is 0 Å². The van der Waals surface area contributed by atoms with Gasteiger partial charge in [-0.15, -0.1) is 0 Å². The number of carbonyl (C=O) groups is 1. The third-order valence-electron chi connectivity index (χ3n) is 5.77. The Hall–Kier alpha value is -2.08. The summed E-state index contributed by atoms with van der Waals surface area (Å²) in [6, 6.07) is 1.83. The van der Waals surface area contributed by atoms with Crippen LogP contribution in [-0.2, 0) is 17.8 Å². The Morgan fingerprint density at radius 2 is 2.19 bits per heavy atom. The lowest BCUT2D eigenvalue weighted by Gasteiger charge is -2.33. The number of hydrogen-bond acceptors (Lipinski definition) is 4. The average molecular weight is 357 g/mol. The van der Waals surface area contributed by atoms with Crippen molar-refractivity contribution in [2.24, 2.45) is 5.92 Å². The van der Waals surface area contributed by atoms with Gasteiger partial charge in [0.05, 0.1) is 24.8 Å². The topological polar surface area (TPSA) is 60.5 Å². The third kappa shape index (κ3) is 3.18. The molecule has 6 heteroatoms. The molecule has 140 valence electrons. The van der Waals surface area contributed by atoms with Crippen molar-refractivity contribution in [1.82, 2.24) is 14.7 Å². The highest BCUT2D eigenvalue weighted by Crippen LogP contribution is 2.32. The van der Waals surface area contributed by atoms with E-state index in [1.807, 2.05) is 24.1 Å². The van der Waals surface area contributed by atoms with E-state index in [4.69, 9.17) is 9.15 Å². The summed E-state index contributed by atoms with van der Waals surface area (Å²) < 4.78 is 13.1. The molecule has 1 fully saturated rings. The Bertz CT molecular complexity index is 773. The van der Waals surface area contributed by atoms with Gasteiger partial charge in [0.15, 0.2) is 5.76 Å². The summed E-state index contributed by atoms with van der Waals surface area (Å²) in [7, 11) is 1.72. The van der Waals surface area contributed by atoms with Gasteiger partial charge in [-0.05, 0) is 31.7 Å². The molecule has 0 spiro atoms. The second-order valence-corrected chi connectivity index (χ2v) is 7.66. The zero-order chi connectivity index (χ0) is 18.1. The number of nitrogens with zero attached hydrogens (tertiary/aromatic N) is 3. The first-order valence-corrected chi connectivity index (χ1v) is 9.54. The van der Waals surface area contributed by atoms with Gasteiger partial charge in [0, 0.05) is 43.8 Å². The SMILES string of the molecule is COC[C@H]1CN(C(=O)c2occc2C)Cc2cnn(CC3CCCC3)c21. The summed E-state index contributed by atoms with van der Waals surface area (Å²) >= 11 is 0. The molecule has 1 aliphatic carbocycles. The second-order valence-electron chi connectivity index (χ2n) is 7.66. The van der Waals surface area contributed by atoms with Gasteiger partial charge in [0.1, 0.15) is 0 Å². The number of aromatic nitrogens is 2. The standard InChI is InChI=1S/C20H27N3O3/c1-14-7-8-26-19(14)20(24)22-11-16-9-21-23(10-15-5-3-4-6-15)18(16)17(12-22)13-25-2/h7-9,15,17H,3-6,10-13H2,1-2H3/t17-/m1/s1. The van der Waals surface area contributed by atoms with E-state index in [2.05, 4.69) is 9.78 Å². The lowest BCUT2D eigenvalue weighted by Crippen LogP contribution is -2.40. The molecule has 0 unspecified atom stereocenters. The fourth-order valence-electron chi connectivity index (χ4n) is 4.46. The summed E-state index contributed by atoms with van der Waals surface area (Å²) in [6.07, 6.45) is 8.77. The minimum absolute atomic E-state index is 0.0530. The fraction of sp³-hybridized carbons (Fsp3) is 0.600. The molecule has 0 aromatic carbocycles. The molecule has 3 heterocycles. The van der Waals surface area contributed by atoms with Crippen molar-refractivity contribution in [3.8, 4) is 0 Å². The fourth-order valence-corrected chi connectivity index (χ4v) is 4.46. The maximum absolute atomic E-state index is 12.9. The summed E-state index contributed by atoms with van der Waals surface area (Å²) in [5.41, 5.74) is 3.26. The Labute approximate surface area is 154 Å². The van der Waals surface area contributed by atoms with Gasteiger partial charge in [-0.1, -0.05) is 12.8 Å². The molecule has 2 aromatic rings. The van der Waals surface area contributed by atoms with Gasteiger partial charge in [0.2, 0.25) is 0 Å². The minimum Gasteiger partial charge on any atom is -0.459 e. The van der Waals surface area contributed by atoms with Gasteiger partial charge in [0.25, 0.3) is 5.91 Å². The first-order chi connectivity index (χ1) is 12.7. The van der Waals surface area contributed by atoms with Crippen LogP contribution in [0, 0.1) is 12.8 Å². The molecule has 1 saturated carbocycles. The highest BCUT2D eigenvalue weighted by molar-refractivity contribution is 5.93. The predicted octanol–water partition coefficient (Wildman–Crippen LogP) is 3.36. The average Bonchev–Trinajstić information content (AvgIpc) is 3.37. The highest BCUT2D eigenvalue weighted by Gasteiger charge is 2.34. The summed E-state index contributed by atoms with van der Waals surface area (Å²) in [6.45, 7) is 4.69. The maximum Gasteiger partial charge on any atom is 0.290 e. The largest absolute Gasteiger partial charge is 0.459 e. The smallest absolute Gasteiger partial charge is 0.290 e. The first kappa shape index (κ1) is 17.3. The van der Waals surface area contributed by atoms with Crippen LogP contribution >= 0.6 is 0 Å². The summed E-state index contributed by atoms with van der Waals surface area (Å²) in [5, 5.41) is 4.67. The lowest BCUT2D eigenvalue weighted by molar-refractivity contribution is 0.0642. The van der Waals surface area contributed by atoms with Gasteiger partial charge in [-0.25, -0.2) is 0 Å². The molecular formula is C20H27N3O3. The Kier molecular flexibility index (Phi) is 4.85. The third-order valence-corrected chi connectivity index (χ3v) is 5.77. The molecule has 0 N–H and O–H groups in total. The van der Waals surface area contributed by atoms with Gasteiger partial charge in [-0.3, -0.25) is 9.48 Å². The van der Waals surface area contributed by atoms with Gasteiger partial charge < -0.3 is 14.1 Å². The van der Waals surface area contributed by atoms with Crippen molar-refractivity contribution in [2.45, 2.75) is 51.6 Å². The quantitative estimate of drug-likeness (QED) is 0.823. The molecule has 0 saturated heterocycles. The van der Waals surface area contributed by atoms with E-state index in [-0.39, 0.29) is 11.8 Å². The Morgan fingerprint density at radius 3 is 2.88 bits per heavy atom. The van der Waals surface area contributed by atoms with E-state index >= 15 is 0 Å². The number of amides is 1. The van der Waals surface area contributed by atoms with Gasteiger partial charge in [-0.2, -0.15) is 5.10 Å². The van der Waals surface area contributed by atoms with Crippen molar-refractivity contribution in [1.29, 1.82) is 0 Å². The minimum atomic E-state index is -0.0530. The molecular weight excluding hydrogens is 330 g/mol. The molecule has 1 amide bonds. The number of fused-ring (bicyclic) bond motifs is 1. The number of ether oxygens (including phenoxy) is 1. The molecule has 2 aromatic heterocycles. The Morgan fingerprint density at radius 1 is 1.38 bits per heavy atom. The zero-order valence-electron chi connectivity index (χ0n) is 15.6. The monoisotopic (exact) mass is 357 g/mol. The van der Waals surface area contributed by atoms with Gasteiger partial charge >= 0.3 is 0 Å². The number of hydrogen-bond donors (Lipinski definition) is 0. The van der Waals surface area contributed by atoms with E-state index in [1.54, 1.807) is 13.4 Å². The van der Waals surface area contributed by atoms with Crippen LogP contribution in [-0.4, -0.2) is 40.8 Å². The zero-order valence-corrected chi connectivity index (χ0v) is 15.6. The summed E-state index contributed by atoms with van der Waals surface area (Å²) in [4.78, 5) is 14.8. The molecule has 0 radical (unpaired) electrons. The van der Waals surface area contributed by atoms with E-state index in [9.17, 15) is 4.79 Å². The Balaban J connectivity index is 1.58. The van der Waals surface area contributed by atoms with E-state index in [1.165, 1.54) is 31.4 Å². The molecule has 6 nitrogen and oxygen atoms in total. The molecule has 1 atom stereocenters. The summed E-state index contributed by atoms with van der Waals surface area (Å²) in [5.74, 6) is 1.25. The lowest BCUT2D eigenvalue weighted by atomic mass is 9.96. The van der Waals surface area contributed by atoms with E-state index < -0.39 is 0 Å². The second kappa shape index (κ2) is 7.27. The molecule has 26 heavy (non-hydrogen) atoms. The normalized spacial score (nSPS) is 20.5. The van der Waals surface area contributed by atoms with Crippen LogP contribution < -0.4 is 0 Å². The molecule has 1 aliphatic heterocycles. The van der Waals surface area contributed by atoms with Crippen molar-refractivity contribution < 1.29 is 13.9 Å². The number of carbonyl (C=O) groups excluding carboxylic acids is 1. The van der Waals surface area contributed by atoms with E-state index in [0.717, 1.165) is 23.6 Å². The molecule has 2 aliphatic rings. The van der Waals surface area contributed by atoms with Crippen molar-refractivity contribution in [3.05, 3.63) is 41.1 Å². The number of methoxy groups -OCH3 is 1. The van der Waals surface area contributed by atoms with Crippen LogP contribution in [0.2, 0.25) is 0 Å². The first-order valence-electron chi connectivity index (χ1n) is 9.54.